The predicted octanol–water partition coefficient (Wildman–Crippen LogP) is 2.70. The molecule has 7 nitrogen and oxygen atoms in total. The number of nitro benzene ring substituents is 1. The third kappa shape index (κ3) is 3.39. The number of anilines is 1. The lowest BCUT2D eigenvalue weighted by atomic mass is 10.2. The number of hydrogen-bond donors (Lipinski definition) is 1. The van der Waals surface area contributed by atoms with E-state index in [1.165, 1.54) is 18.2 Å². The van der Waals surface area contributed by atoms with E-state index in [1.807, 2.05) is 6.07 Å². The van der Waals surface area contributed by atoms with Gasteiger partial charge in [0, 0.05) is 24.0 Å². The van der Waals surface area contributed by atoms with Crippen LogP contribution in [-0.4, -0.2) is 15.6 Å². The summed E-state index contributed by atoms with van der Waals surface area (Å²) >= 11 is 0. The van der Waals surface area contributed by atoms with Crippen molar-refractivity contribution in [1.82, 2.24) is 4.98 Å². The fourth-order valence-electron chi connectivity index (χ4n) is 1.65. The van der Waals surface area contributed by atoms with Crippen LogP contribution in [0.3, 0.4) is 0 Å². The van der Waals surface area contributed by atoms with E-state index in [-0.39, 0.29) is 16.9 Å². The Balaban J connectivity index is 2.28. The minimum Gasteiger partial charge on any atom is -0.271 e. The third-order valence-electron chi connectivity index (χ3n) is 2.77. The first-order valence-corrected chi connectivity index (χ1v) is 6.01. The first-order valence-electron chi connectivity index (χ1n) is 6.01. The molecule has 0 unspecified atom stereocenters. The lowest BCUT2D eigenvalue weighted by Gasteiger charge is -2.04. The first-order chi connectivity index (χ1) is 10.1. The van der Waals surface area contributed by atoms with Crippen molar-refractivity contribution in [3.8, 4) is 6.07 Å². The topological polar surface area (TPSA) is 104 Å². The molecule has 104 valence electrons. The minimum atomic E-state index is -0.555. The second-order valence-electron chi connectivity index (χ2n) is 4.15. The van der Waals surface area contributed by atoms with Crippen LogP contribution in [0.15, 0.2) is 47.8 Å². The second kappa shape index (κ2) is 6.25. The van der Waals surface area contributed by atoms with Crippen molar-refractivity contribution in [1.29, 1.82) is 5.26 Å². The molecule has 0 saturated heterocycles. The van der Waals surface area contributed by atoms with Crippen LogP contribution in [0.25, 0.3) is 0 Å². The fourth-order valence-corrected chi connectivity index (χ4v) is 1.65. The van der Waals surface area contributed by atoms with E-state index in [0.717, 1.165) is 5.56 Å². The summed E-state index contributed by atoms with van der Waals surface area (Å²) in [7, 11) is 0. The molecular formula is C14H11N5O2. The average molecular weight is 281 g/mol. The molecule has 0 radical (unpaired) electrons. The number of nitrogens with one attached hydrogen (secondary N) is 1. The molecular weight excluding hydrogens is 270 g/mol. The quantitative estimate of drug-likeness (QED) is 0.527. The monoisotopic (exact) mass is 281 g/mol. The number of rotatable bonds is 4. The van der Waals surface area contributed by atoms with Gasteiger partial charge >= 0.3 is 0 Å². The Bertz CT molecular complexity index is 735. The van der Waals surface area contributed by atoms with Crippen LogP contribution in [-0.2, 0) is 0 Å². The van der Waals surface area contributed by atoms with Gasteiger partial charge in [-0.05, 0) is 31.2 Å². The van der Waals surface area contributed by atoms with Gasteiger partial charge in [-0.25, -0.2) is 0 Å². The van der Waals surface area contributed by atoms with E-state index >= 15 is 0 Å². The summed E-state index contributed by atoms with van der Waals surface area (Å²) in [5.74, 6) is 0. The summed E-state index contributed by atoms with van der Waals surface area (Å²) < 4.78 is 0. The van der Waals surface area contributed by atoms with E-state index < -0.39 is 4.92 Å². The summed E-state index contributed by atoms with van der Waals surface area (Å²) in [5, 5.41) is 23.9. The SMILES string of the molecule is C/C(=N/Nc1ccc(C#N)cc1[N+](=O)[O-])c1ccncc1. The Hall–Kier alpha value is -3.27. The molecule has 0 amide bonds. The largest absolute Gasteiger partial charge is 0.295 e. The maximum absolute atomic E-state index is 11.0. The highest BCUT2D eigenvalue weighted by atomic mass is 16.6. The smallest absolute Gasteiger partial charge is 0.271 e. The number of hydrogen-bond acceptors (Lipinski definition) is 6. The minimum absolute atomic E-state index is 0.194. The number of aromatic nitrogens is 1. The van der Waals surface area contributed by atoms with Crippen LogP contribution in [0.4, 0.5) is 11.4 Å². The van der Waals surface area contributed by atoms with Gasteiger partial charge in [-0.3, -0.25) is 20.5 Å². The molecule has 0 aliphatic carbocycles. The molecule has 21 heavy (non-hydrogen) atoms. The number of pyridine rings is 1. The molecule has 2 rings (SSSR count). The Morgan fingerprint density at radius 2 is 2.10 bits per heavy atom. The highest BCUT2D eigenvalue weighted by Crippen LogP contribution is 2.25. The molecule has 0 spiro atoms. The fraction of sp³-hybridized carbons (Fsp3) is 0.0714. The molecule has 2 aromatic rings. The van der Waals surface area contributed by atoms with Gasteiger partial charge in [0.05, 0.1) is 22.3 Å². The number of nitriles is 1. The van der Waals surface area contributed by atoms with E-state index in [1.54, 1.807) is 31.5 Å². The third-order valence-corrected chi connectivity index (χ3v) is 2.77. The normalized spacial score (nSPS) is 10.8. The Labute approximate surface area is 120 Å². The summed E-state index contributed by atoms with van der Waals surface area (Å²) in [4.78, 5) is 14.4. The van der Waals surface area contributed by atoms with Gasteiger partial charge in [0.2, 0.25) is 0 Å². The zero-order valence-electron chi connectivity index (χ0n) is 11.1. The molecule has 0 aliphatic heterocycles. The van der Waals surface area contributed by atoms with Gasteiger partial charge in [-0.1, -0.05) is 0 Å². The van der Waals surface area contributed by atoms with Gasteiger partial charge in [-0.15, -0.1) is 0 Å². The van der Waals surface area contributed by atoms with Crippen molar-refractivity contribution in [2.75, 3.05) is 5.43 Å². The van der Waals surface area contributed by atoms with E-state index in [0.29, 0.717) is 5.71 Å². The molecule has 0 bridgehead atoms. The van der Waals surface area contributed by atoms with Crippen molar-refractivity contribution in [3.05, 3.63) is 64.0 Å². The Morgan fingerprint density at radius 3 is 2.71 bits per heavy atom. The van der Waals surface area contributed by atoms with Gasteiger partial charge in [0.25, 0.3) is 5.69 Å². The molecule has 1 N–H and O–H groups in total. The van der Waals surface area contributed by atoms with Crippen molar-refractivity contribution < 1.29 is 4.92 Å². The predicted molar refractivity (Wildman–Crippen MR) is 77.9 cm³/mol. The zero-order chi connectivity index (χ0) is 15.2. The van der Waals surface area contributed by atoms with Crippen LogP contribution < -0.4 is 5.43 Å². The van der Waals surface area contributed by atoms with E-state index in [4.69, 9.17) is 5.26 Å². The van der Waals surface area contributed by atoms with Gasteiger partial charge in [-0.2, -0.15) is 10.4 Å². The van der Waals surface area contributed by atoms with Crippen molar-refractivity contribution in [2.45, 2.75) is 6.92 Å². The van der Waals surface area contributed by atoms with Crippen LogP contribution in [0, 0.1) is 21.4 Å². The molecule has 0 aliphatic rings. The second-order valence-corrected chi connectivity index (χ2v) is 4.15. The maximum Gasteiger partial charge on any atom is 0.295 e. The number of benzene rings is 1. The number of hydrazone groups is 1. The van der Waals surface area contributed by atoms with Crippen LogP contribution in [0.2, 0.25) is 0 Å². The molecule has 0 fully saturated rings. The molecule has 7 heteroatoms. The Kier molecular flexibility index (Phi) is 4.21. The molecule has 1 aromatic carbocycles. The van der Waals surface area contributed by atoms with Gasteiger partial charge in [0.1, 0.15) is 5.69 Å². The lowest BCUT2D eigenvalue weighted by molar-refractivity contribution is -0.384. The number of nitrogens with zero attached hydrogens (tertiary/aromatic N) is 4. The van der Waals surface area contributed by atoms with Crippen LogP contribution >= 0.6 is 0 Å². The highest BCUT2D eigenvalue weighted by Gasteiger charge is 2.14. The Morgan fingerprint density at radius 1 is 1.38 bits per heavy atom. The lowest BCUT2D eigenvalue weighted by Crippen LogP contribution is -2.02. The van der Waals surface area contributed by atoms with Crippen molar-refractivity contribution in [3.63, 3.8) is 0 Å². The summed E-state index contributed by atoms with van der Waals surface area (Å²) in [6.45, 7) is 1.78. The van der Waals surface area contributed by atoms with Crippen LogP contribution in [0.1, 0.15) is 18.1 Å². The summed E-state index contributed by atoms with van der Waals surface area (Å²) in [6, 6.07) is 9.60. The molecule has 1 heterocycles. The maximum atomic E-state index is 11.0. The number of nitro groups is 1. The van der Waals surface area contributed by atoms with Crippen molar-refractivity contribution in [2.24, 2.45) is 5.10 Å². The molecule has 0 atom stereocenters. The first kappa shape index (κ1) is 14.1. The summed E-state index contributed by atoms with van der Waals surface area (Å²) in [6.07, 6.45) is 3.27. The standard InChI is InChI=1S/C14H11N5O2/c1-10(12-4-6-16-7-5-12)17-18-13-3-2-11(9-15)8-14(13)19(20)21/h2-8,18H,1H3/b17-10-. The zero-order valence-corrected chi connectivity index (χ0v) is 11.1. The summed E-state index contributed by atoms with van der Waals surface area (Å²) in [5.41, 5.74) is 4.44. The van der Waals surface area contributed by atoms with E-state index in [9.17, 15) is 10.1 Å². The van der Waals surface area contributed by atoms with Crippen molar-refractivity contribution >= 4 is 17.1 Å². The van der Waals surface area contributed by atoms with Gasteiger partial charge in [0.15, 0.2) is 0 Å². The molecule has 1 aromatic heterocycles. The average Bonchev–Trinajstić information content (AvgIpc) is 2.53. The van der Waals surface area contributed by atoms with Gasteiger partial charge < -0.3 is 0 Å². The van der Waals surface area contributed by atoms with Crippen LogP contribution in [0.5, 0.6) is 0 Å². The highest BCUT2D eigenvalue weighted by molar-refractivity contribution is 5.99. The molecule has 0 saturated carbocycles. The van der Waals surface area contributed by atoms with E-state index in [2.05, 4.69) is 15.5 Å².